The van der Waals surface area contributed by atoms with Crippen LogP contribution in [-0.4, -0.2) is 22.5 Å². The lowest BCUT2D eigenvalue weighted by Gasteiger charge is -2.24. The van der Waals surface area contributed by atoms with Gasteiger partial charge in [-0.15, -0.1) is 11.8 Å². The summed E-state index contributed by atoms with van der Waals surface area (Å²) in [6.45, 7) is 2.66. The zero-order valence-electron chi connectivity index (χ0n) is 16.9. The summed E-state index contributed by atoms with van der Waals surface area (Å²) in [6, 6.07) is 25.5. The molecule has 3 aromatic rings. The number of hydrogen-bond acceptors (Lipinski definition) is 3. The van der Waals surface area contributed by atoms with Crippen LogP contribution in [0, 0.1) is 0 Å². The van der Waals surface area contributed by atoms with Crippen LogP contribution in [-0.2, 0) is 17.8 Å². The van der Waals surface area contributed by atoms with Crippen LogP contribution in [0.15, 0.2) is 78.9 Å². The summed E-state index contributed by atoms with van der Waals surface area (Å²) in [5.74, 6) is 0.499. The van der Waals surface area contributed by atoms with Crippen molar-refractivity contribution in [3.63, 3.8) is 0 Å². The fourth-order valence-corrected chi connectivity index (χ4v) is 4.81. The topological polar surface area (TPSA) is 49.4 Å². The van der Waals surface area contributed by atoms with Gasteiger partial charge >= 0.3 is 0 Å². The van der Waals surface area contributed by atoms with Crippen LogP contribution in [0.1, 0.15) is 39.3 Å². The minimum Gasteiger partial charge on any atom is -0.322 e. The molecule has 1 heterocycles. The number of anilines is 1. The van der Waals surface area contributed by atoms with Crippen LogP contribution in [0.4, 0.5) is 5.69 Å². The molecule has 1 fully saturated rings. The van der Waals surface area contributed by atoms with E-state index in [0.717, 1.165) is 28.8 Å². The average Bonchev–Trinajstić information content (AvgIpc) is 3.15. The number of nitrogens with zero attached hydrogens (tertiary/aromatic N) is 1. The Kier molecular flexibility index (Phi) is 6.19. The molecule has 1 saturated heterocycles. The molecule has 30 heavy (non-hydrogen) atoms. The highest BCUT2D eigenvalue weighted by atomic mass is 32.2. The Morgan fingerprint density at radius 2 is 1.70 bits per heavy atom. The summed E-state index contributed by atoms with van der Waals surface area (Å²) in [7, 11) is 0. The van der Waals surface area contributed by atoms with Gasteiger partial charge in [-0.25, -0.2) is 0 Å². The first-order valence-electron chi connectivity index (χ1n) is 10.1. The molecular weight excluding hydrogens is 392 g/mol. The number of nitrogens with one attached hydrogen (secondary N) is 1. The lowest BCUT2D eigenvalue weighted by atomic mass is 10.1. The quantitative estimate of drug-likeness (QED) is 0.595. The summed E-state index contributed by atoms with van der Waals surface area (Å²) >= 11 is 1.63. The minimum absolute atomic E-state index is 0.0318. The van der Waals surface area contributed by atoms with Gasteiger partial charge in [0, 0.05) is 17.8 Å². The zero-order chi connectivity index (χ0) is 20.9. The average molecular weight is 417 g/mol. The number of carbonyl (C=O) groups is 2. The Morgan fingerprint density at radius 1 is 1.00 bits per heavy atom. The van der Waals surface area contributed by atoms with Crippen LogP contribution < -0.4 is 5.32 Å². The van der Waals surface area contributed by atoms with Crippen molar-refractivity contribution in [1.82, 2.24) is 4.90 Å². The van der Waals surface area contributed by atoms with E-state index in [1.165, 1.54) is 0 Å². The van der Waals surface area contributed by atoms with Gasteiger partial charge in [-0.05, 0) is 41.3 Å². The summed E-state index contributed by atoms with van der Waals surface area (Å²) in [5.41, 5.74) is 4.71. The van der Waals surface area contributed by atoms with Gasteiger partial charge in [0.1, 0.15) is 5.37 Å². The third kappa shape index (κ3) is 4.41. The third-order valence-electron chi connectivity index (χ3n) is 5.27. The van der Waals surface area contributed by atoms with E-state index in [2.05, 4.69) is 12.2 Å². The van der Waals surface area contributed by atoms with Crippen molar-refractivity contribution in [2.45, 2.75) is 25.3 Å². The Labute approximate surface area is 181 Å². The highest BCUT2D eigenvalue weighted by Crippen LogP contribution is 2.39. The number of thioether (sulfide) groups is 1. The molecule has 2 amide bonds. The maximum atomic E-state index is 12.7. The van der Waals surface area contributed by atoms with Gasteiger partial charge in [0.2, 0.25) is 5.91 Å². The van der Waals surface area contributed by atoms with E-state index in [-0.39, 0.29) is 17.2 Å². The molecular formula is C25H24N2O2S. The molecule has 152 valence electrons. The molecule has 0 aliphatic carbocycles. The van der Waals surface area contributed by atoms with Crippen LogP contribution in [0.2, 0.25) is 0 Å². The summed E-state index contributed by atoms with van der Waals surface area (Å²) in [4.78, 5) is 27.0. The number of benzene rings is 3. The molecule has 0 saturated carbocycles. The highest BCUT2D eigenvalue weighted by molar-refractivity contribution is 8.00. The van der Waals surface area contributed by atoms with E-state index in [1.807, 2.05) is 83.8 Å². The first-order valence-corrected chi connectivity index (χ1v) is 11.1. The van der Waals surface area contributed by atoms with Crippen molar-refractivity contribution in [2.24, 2.45) is 0 Å². The molecule has 5 heteroatoms. The number of amides is 2. The molecule has 1 aliphatic rings. The van der Waals surface area contributed by atoms with Crippen molar-refractivity contribution in [3.8, 4) is 0 Å². The van der Waals surface area contributed by atoms with Gasteiger partial charge in [-0.2, -0.15) is 0 Å². The number of aryl methyl sites for hydroxylation is 1. The maximum absolute atomic E-state index is 12.7. The predicted octanol–water partition coefficient (Wildman–Crippen LogP) is 5.28. The van der Waals surface area contributed by atoms with Crippen molar-refractivity contribution in [1.29, 1.82) is 0 Å². The monoisotopic (exact) mass is 416 g/mol. The Hall–Kier alpha value is -3.05. The summed E-state index contributed by atoms with van der Waals surface area (Å²) in [6.07, 6.45) is 0.861. The first-order chi connectivity index (χ1) is 14.7. The maximum Gasteiger partial charge on any atom is 0.255 e. The van der Waals surface area contributed by atoms with Crippen LogP contribution in [0.25, 0.3) is 0 Å². The minimum atomic E-state index is -0.126. The third-order valence-corrected chi connectivity index (χ3v) is 6.52. The molecule has 1 atom stereocenters. The molecule has 1 N–H and O–H groups in total. The fraction of sp³-hybridized carbons (Fsp3) is 0.200. The normalized spacial score (nSPS) is 16.0. The van der Waals surface area contributed by atoms with Crippen LogP contribution >= 0.6 is 11.8 Å². The SMILES string of the molecule is CCc1ccccc1NC(=O)c1ccc([C@H]2SCC(=O)N2Cc2ccccc2)cc1. The molecule has 1 aliphatic heterocycles. The molecule has 3 aromatic carbocycles. The Bertz CT molecular complexity index is 1030. The van der Waals surface area contributed by atoms with Gasteiger partial charge in [-0.1, -0.05) is 67.6 Å². The van der Waals surface area contributed by atoms with E-state index < -0.39 is 0 Å². The zero-order valence-corrected chi connectivity index (χ0v) is 17.7. The van der Waals surface area contributed by atoms with Crippen molar-refractivity contribution in [2.75, 3.05) is 11.1 Å². The smallest absolute Gasteiger partial charge is 0.255 e. The largest absolute Gasteiger partial charge is 0.322 e. The van der Waals surface area contributed by atoms with Crippen LogP contribution in [0.3, 0.4) is 0 Å². The van der Waals surface area contributed by atoms with E-state index in [0.29, 0.717) is 17.9 Å². The summed E-state index contributed by atoms with van der Waals surface area (Å²) in [5, 5.41) is 2.97. The predicted molar refractivity (Wildman–Crippen MR) is 122 cm³/mol. The second kappa shape index (κ2) is 9.18. The lowest BCUT2D eigenvalue weighted by Crippen LogP contribution is -2.27. The fourth-order valence-electron chi connectivity index (χ4n) is 3.63. The number of para-hydroxylation sites is 1. The van der Waals surface area contributed by atoms with Crippen molar-refractivity contribution < 1.29 is 9.59 Å². The summed E-state index contributed by atoms with van der Waals surface area (Å²) < 4.78 is 0. The van der Waals surface area contributed by atoms with Crippen LogP contribution in [0.5, 0.6) is 0 Å². The first kappa shape index (κ1) is 20.2. The number of carbonyl (C=O) groups excluding carboxylic acids is 2. The van der Waals surface area contributed by atoms with Gasteiger partial charge in [0.05, 0.1) is 5.75 Å². The van der Waals surface area contributed by atoms with E-state index in [9.17, 15) is 9.59 Å². The number of hydrogen-bond donors (Lipinski definition) is 1. The molecule has 4 nitrogen and oxygen atoms in total. The lowest BCUT2D eigenvalue weighted by molar-refractivity contribution is -0.128. The molecule has 0 unspecified atom stereocenters. The highest BCUT2D eigenvalue weighted by Gasteiger charge is 2.32. The Balaban J connectivity index is 1.48. The molecule has 4 rings (SSSR count). The van der Waals surface area contributed by atoms with Gasteiger partial charge in [-0.3, -0.25) is 9.59 Å². The van der Waals surface area contributed by atoms with Crippen molar-refractivity contribution in [3.05, 3.63) is 101 Å². The molecule has 0 radical (unpaired) electrons. The van der Waals surface area contributed by atoms with E-state index in [1.54, 1.807) is 11.8 Å². The second-order valence-electron chi connectivity index (χ2n) is 7.26. The van der Waals surface area contributed by atoms with Gasteiger partial charge in [0.25, 0.3) is 5.91 Å². The molecule has 0 bridgehead atoms. The van der Waals surface area contributed by atoms with E-state index in [4.69, 9.17) is 0 Å². The van der Waals surface area contributed by atoms with Crippen molar-refractivity contribution >= 4 is 29.3 Å². The van der Waals surface area contributed by atoms with Gasteiger partial charge in [0.15, 0.2) is 0 Å². The van der Waals surface area contributed by atoms with E-state index >= 15 is 0 Å². The molecule has 0 spiro atoms. The molecule has 0 aromatic heterocycles. The standard InChI is InChI=1S/C25H24N2O2S/c1-2-19-10-6-7-11-22(19)26-24(29)20-12-14-21(15-13-20)25-27(23(28)17-30-25)16-18-8-4-3-5-9-18/h3-15,25H,2,16-17H2,1H3,(H,26,29)/t25-/m1/s1. The second-order valence-corrected chi connectivity index (χ2v) is 8.33. The number of rotatable bonds is 6. The Morgan fingerprint density at radius 3 is 2.43 bits per heavy atom. The van der Waals surface area contributed by atoms with Gasteiger partial charge < -0.3 is 10.2 Å².